The SMILES string of the molecule is CC1COCC1C(=O)Nc1cc(-c2ccc(F)cc2)ccc1N. The molecule has 0 aliphatic carbocycles. The molecule has 2 aromatic carbocycles. The summed E-state index contributed by atoms with van der Waals surface area (Å²) in [4.78, 5) is 12.4. The predicted octanol–water partition coefficient (Wildman–Crippen LogP) is 3.30. The van der Waals surface area contributed by atoms with Crippen LogP contribution in [0.4, 0.5) is 15.8 Å². The van der Waals surface area contributed by atoms with E-state index in [4.69, 9.17) is 10.5 Å². The molecule has 3 rings (SSSR count). The number of rotatable bonds is 3. The quantitative estimate of drug-likeness (QED) is 0.854. The first-order chi connectivity index (χ1) is 11.0. The molecule has 5 heteroatoms. The highest BCUT2D eigenvalue weighted by atomic mass is 19.1. The summed E-state index contributed by atoms with van der Waals surface area (Å²) >= 11 is 0. The fraction of sp³-hybridized carbons (Fsp3) is 0.278. The fourth-order valence-corrected chi connectivity index (χ4v) is 2.71. The summed E-state index contributed by atoms with van der Waals surface area (Å²) in [7, 11) is 0. The van der Waals surface area contributed by atoms with E-state index in [1.807, 2.05) is 13.0 Å². The lowest BCUT2D eigenvalue weighted by molar-refractivity contribution is -0.120. The Morgan fingerprint density at radius 2 is 1.87 bits per heavy atom. The van der Waals surface area contributed by atoms with Crippen molar-refractivity contribution in [2.75, 3.05) is 24.3 Å². The van der Waals surface area contributed by atoms with E-state index < -0.39 is 0 Å². The predicted molar refractivity (Wildman–Crippen MR) is 88.4 cm³/mol. The van der Waals surface area contributed by atoms with Crippen molar-refractivity contribution in [3.05, 3.63) is 48.3 Å². The number of halogens is 1. The van der Waals surface area contributed by atoms with Crippen molar-refractivity contribution in [1.29, 1.82) is 0 Å². The first-order valence-electron chi connectivity index (χ1n) is 7.58. The molecule has 0 aromatic heterocycles. The molecule has 4 nitrogen and oxygen atoms in total. The highest BCUT2D eigenvalue weighted by Gasteiger charge is 2.31. The van der Waals surface area contributed by atoms with Crippen molar-refractivity contribution in [2.24, 2.45) is 11.8 Å². The molecule has 1 saturated heterocycles. The average molecular weight is 314 g/mol. The van der Waals surface area contributed by atoms with E-state index in [2.05, 4.69) is 5.32 Å². The van der Waals surface area contributed by atoms with Gasteiger partial charge in [-0.05, 0) is 41.3 Å². The molecule has 0 bridgehead atoms. The zero-order valence-corrected chi connectivity index (χ0v) is 12.9. The van der Waals surface area contributed by atoms with Gasteiger partial charge in [0.05, 0.1) is 23.9 Å². The van der Waals surface area contributed by atoms with Crippen molar-refractivity contribution < 1.29 is 13.9 Å². The molecule has 2 aromatic rings. The van der Waals surface area contributed by atoms with Crippen molar-refractivity contribution in [1.82, 2.24) is 0 Å². The van der Waals surface area contributed by atoms with Gasteiger partial charge in [-0.25, -0.2) is 4.39 Å². The number of amides is 1. The highest BCUT2D eigenvalue weighted by molar-refractivity contribution is 5.96. The van der Waals surface area contributed by atoms with E-state index in [9.17, 15) is 9.18 Å². The van der Waals surface area contributed by atoms with Gasteiger partial charge in [0.25, 0.3) is 0 Å². The van der Waals surface area contributed by atoms with Crippen LogP contribution in [0.25, 0.3) is 11.1 Å². The van der Waals surface area contributed by atoms with Crippen LogP contribution in [0.5, 0.6) is 0 Å². The van der Waals surface area contributed by atoms with E-state index in [1.54, 1.807) is 24.3 Å². The smallest absolute Gasteiger partial charge is 0.230 e. The molecule has 1 aliphatic rings. The molecule has 0 radical (unpaired) electrons. The maximum absolute atomic E-state index is 13.0. The van der Waals surface area contributed by atoms with Gasteiger partial charge in [-0.1, -0.05) is 25.1 Å². The Kier molecular flexibility index (Phi) is 4.30. The van der Waals surface area contributed by atoms with Crippen LogP contribution >= 0.6 is 0 Å². The number of anilines is 2. The average Bonchev–Trinajstić information content (AvgIpc) is 2.96. The van der Waals surface area contributed by atoms with Crippen LogP contribution in [-0.2, 0) is 9.53 Å². The number of nitrogens with one attached hydrogen (secondary N) is 1. The molecule has 1 aliphatic heterocycles. The third-order valence-electron chi connectivity index (χ3n) is 4.19. The molecule has 0 spiro atoms. The van der Waals surface area contributed by atoms with Crippen molar-refractivity contribution in [3.63, 3.8) is 0 Å². The Bertz CT molecular complexity index is 715. The largest absolute Gasteiger partial charge is 0.397 e. The molecule has 1 amide bonds. The van der Waals surface area contributed by atoms with Gasteiger partial charge in [0.15, 0.2) is 0 Å². The van der Waals surface area contributed by atoms with Gasteiger partial charge in [-0.15, -0.1) is 0 Å². The monoisotopic (exact) mass is 314 g/mol. The maximum atomic E-state index is 13.0. The lowest BCUT2D eigenvalue weighted by Crippen LogP contribution is -2.27. The molecule has 2 atom stereocenters. The van der Waals surface area contributed by atoms with E-state index in [1.165, 1.54) is 12.1 Å². The fourth-order valence-electron chi connectivity index (χ4n) is 2.71. The van der Waals surface area contributed by atoms with Crippen LogP contribution in [0, 0.1) is 17.7 Å². The highest BCUT2D eigenvalue weighted by Crippen LogP contribution is 2.29. The van der Waals surface area contributed by atoms with Gasteiger partial charge in [-0.3, -0.25) is 4.79 Å². The zero-order valence-electron chi connectivity index (χ0n) is 12.9. The zero-order chi connectivity index (χ0) is 16.4. The Balaban J connectivity index is 1.83. The third kappa shape index (κ3) is 3.35. The van der Waals surface area contributed by atoms with Gasteiger partial charge >= 0.3 is 0 Å². The van der Waals surface area contributed by atoms with Gasteiger partial charge < -0.3 is 15.8 Å². The number of carbonyl (C=O) groups excluding carboxylic acids is 1. The molecule has 3 N–H and O–H groups in total. The van der Waals surface area contributed by atoms with Crippen LogP contribution in [0.2, 0.25) is 0 Å². The summed E-state index contributed by atoms with van der Waals surface area (Å²) in [5.74, 6) is -0.341. The van der Waals surface area contributed by atoms with Gasteiger partial charge in [0.2, 0.25) is 5.91 Å². The maximum Gasteiger partial charge on any atom is 0.230 e. The van der Waals surface area contributed by atoms with E-state index >= 15 is 0 Å². The number of benzene rings is 2. The van der Waals surface area contributed by atoms with Crippen LogP contribution < -0.4 is 11.1 Å². The van der Waals surface area contributed by atoms with Crippen LogP contribution in [0.1, 0.15) is 6.92 Å². The summed E-state index contributed by atoms with van der Waals surface area (Å²) in [5.41, 5.74) is 8.76. The second kappa shape index (κ2) is 6.38. The molecular formula is C18H19FN2O2. The Labute approximate surface area is 134 Å². The summed E-state index contributed by atoms with van der Waals surface area (Å²) < 4.78 is 18.4. The first-order valence-corrected chi connectivity index (χ1v) is 7.58. The summed E-state index contributed by atoms with van der Waals surface area (Å²) in [6, 6.07) is 11.6. The minimum absolute atomic E-state index is 0.0852. The molecule has 120 valence electrons. The lowest BCUT2D eigenvalue weighted by atomic mass is 9.97. The number of hydrogen-bond acceptors (Lipinski definition) is 3. The number of ether oxygens (including phenoxy) is 1. The minimum atomic E-state index is -0.284. The second-order valence-electron chi connectivity index (χ2n) is 5.92. The molecule has 2 unspecified atom stereocenters. The summed E-state index contributed by atoms with van der Waals surface area (Å²) in [5, 5.41) is 2.89. The lowest BCUT2D eigenvalue weighted by Gasteiger charge is -2.15. The standard InChI is InChI=1S/C18H19FN2O2/c1-11-9-23-10-15(11)18(22)21-17-8-13(4-7-16(17)20)12-2-5-14(19)6-3-12/h2-8,11,15H,9-10,20H2,1H3,(H,21,22). The molecular weight excluding hydrogens is 295 g/mol. The summed E-state index contributed by atoms with van der Waals surface area (Å²) in [6.07, 6.45) is 0. The number of nitrogens with two attached hydrogens (primary N) is 1. The van der Waals surface area contributed by atoms with Gasteiger partial charge in [0.1, 0.15) is 5.82 Å². The second-order valence-corrected chi connectivity index (χ2v) is 5.92. The third-order valence-corrected chi connectivity index (χ3v) is 4.19. The molecule has 23 heavy (non-hydrogen) atoms. The van der Waals surface area contributed by atoms with Crippen molar-refractivity contribution in [2.45, 2.75) is 6.92 Å². The van der Waals surface area contributed by atoms with Gasteiger partial charge in [0, 0.05) is 6.61 Å². The van der Waals surface area contributed by atoms with E-state index in [-0.39, 0.29) is 23.6 Å². The summed E-state index contributed by atoms with van der Waals surface area (Å²) in [6.45, 7) is 3.03. The van der Waals surface area contributed by atoms with E-state index in [0.29, 0.717) is 24.6 Å². The topological polar surface area (TPSA) is 64.3 Å². The van der Waals surface area contributed by atoms with Crippen LogP contribution in [0.3, 0.4) is 0 Å². The van der Waals surface area contributed by atoms with Crippen molar-refractivity contribution >= 4 is 17.3 Å². The number of carbonyl (C=O) groups is 1. The minimum Gasteiger partial charge on any atom is -0.397 e. The Morgan fingerprint density at radius 1 is 1.17 bits per heavy atom. The van der Waals surface area contributed by atoms with Crippen LogP contribution in [-0.4, -0.2) is 19.1 Å². The Hall–Kier alpha value is -2.40. The Morgan fingerprint density at radius 3 is 2.52 bits per heavy atom. The van der Waals surface area contributed by atoms with Crippen molar-refractivity contribution in [3.8, 4) is 11.1 Å². The molecule has 0 saturated carbocycles. The molecule has 1 fully saturated rings. The normalized spacial score (nSPS) is 20.4. The van der Waals surface area contributed by atoms with Crippen LogP contribution in [0.15, 0.2) is 42.5 Å². The van der Waals surface area contributed by atoms with E-state index in [0.717, 1.165) is 11.1 Å². The first kappa shape index (κ1) is 15.5. The van der Waals surface area contributed by atoms with Gasteiger partial charge in [-0.2, -0.15) is 0 Å². The molecule has 1 heterocycles. The number of hydrogen-bond donors (Lipinski definition) is 2. The number of nitrogen functional groups attached to an aromatic ring is 1.